The van der Waals surface area contributed by atoms with Crippen molar-refractivity contribution < 1.29 is 14.0 Å². The smallest absolute Gasteiger partial charge is 0.293 e. The van der Waals surface area contributed by atoms with E-state index in [-0.39, 0.29) is 24.0 Å². The minimum absolute atomic E-state index is 0.0445. The minimum atomic E-state index is -0.367. The van der Waals surface area contributed by atoms with E-state index in [4.69, 9.17) is 4.42 Å². The molecule has 6 nitrogen and oxygen atoms in total. The van der Waals surface area contributed by atoms with Gasteiger partial charge in [0, 0.05) is 17.6 Å². The summed E-state index contributed by atoms with van der Waals surface area (Å²) in [6, 6.07) is 17.3. The lowest BCUT2D eigenvalue weighted by Crippen LogP contribution is -2.32. The van der Waals surface area contributed by atoms with Gasteiger partial charge in [-0.15, -0.1) is 11.3 Å². The number of nitrogens with one attached hydrogen (secondary N) is 1. The summed E-state index contributed by atoms with van der Waals surface area (Å²) in [6.07, 6.45) is 1.60. The van der Waals surface area contributed by atoms with Gasteiger partial charge in [0.05, 0.1) is 18.4 Å². The van der Waals surface area contributed by atoms with Gasteiger partial charge in [0.1, 0.15) is 0 Å². The average Bonchev–Trinajstić information content (AvgIpc) is 3.41. The van der Waals surface area contributed by atoms with Crippen molar-refractivity contribution in [3.63, 3.8) is 0 Å². The Bertz CT molecular complexity index is 1150. The van der Waals surface area contributed by atoms with Crippen molar-refractivity contribution in [2.24, 2.45) is 0 Å². The molecule has 0 bridgehead atoms. The highest BCUT2D eigenvalue weighted by Gasteiger charge is 2.17. The molecule has 0 atom stereocenters. The van der Waals surface area contributed by atoms with Gasteiger partial charge in [-0.2, -0.15) is 0 Å². The van der Waals surface area contributed by atoms with E-state index < -0.39 is 0 Å². The number of thiazole rings is 1. The number of likely N-dealkylation sites (N-methyl/N-ethyl adjacent to an activating group) is 1. The van der Waals surface area contributed by atoms with Gasteiger partial charge < -0.3 is 9.32 Å². The van der Waals surface area contributed by atoms with Gasteiger partial charge in [0.15, 0.2) is 10.9 Å². The van der Waals surface area contributed by atoms with Crippen LogP contribution in [-0.4, -0.2) is 23.3 Å². The first-order valence-corrected chi connectivity index (χ1v) is 10.1. The van der Waals surface area contributed by atoms with Crippen LogP contribution in [0.4, 0.5) is 10.8 Å². The summed E-state index contributed by atoms with van der Waals surface area (Å²) < 4.78 is 5.07. The molecule has 0 aliphatic carbocycles. The van der Waals surface area contributed by atoms with Crippen LogP contribution in [0.25, 0.3) is 10.8 Å². The number of hydrogen-bond donors (Lipinski definition) is 1. The van der Waals surface area contributed by atoms with Crippen molar-refractivity contribution in [3.05, 3.63) is 77.7 Å². The number of fused-ring (bicyclic) bond motifs is 1. The predicted molar refractivity (Wildman–Crippen MR) is 114 cm³/mol. The summed E-state index contributed by atoms with van der Waals surface area (Å²) in [6.45, 7) is 2.51. The lowest BCUT2D eigenvalue weighted by Gasteiger charge is -2.21. The Morgan fingerprint density at radius 2 is 1.93 bits per heavy atom. The zero-order chi connectivity index (χ0) is 20.2. The molecule has 2 aromatic carbocycles. The number of aromatic nitrogens is 1. The number of rotatable bonds is 6. The fourth-order valence-corrected chi connectivity index (χ4v) is 3.82. The van der Waals surface area contributed by atoms with Gasteiger partial charge in [-0.25, -0.2) is 4.98 Å². The van der Waals surface area contributed by atoms with Gasteiger partial charge in [-0.05, 0) is 42.0 Å². The van der Waals surface area contributed by atoms with Gasteiger partial charge in [0.25, 0.3) is 5.91 Å². The number of hydrogen-bond acceptors (Lipinski definition) is 5. The third-order valence-electron chi connectivity index (χ3n) is 4.51. The highest BCUT2D eigenvalue weighted by atomic mass is 32.1. The average molecular weight is 405 g/mol. The second-order valence-corrected chi connectivity index (χ2v) is 7.28. The normalized spacial score (nSPS) is 10.8. The molecule has 0 spiro atoms. The van der Waals surface area contributed by atoms with Crippen LogP contribution in [-0.2, 0) is 11.2 Å². The summed E-state index contributed by atoms with van der Waals surface area (Å²) in [5.41, 5.74) is 1.48. The number of furan rings is 1. The maximum absolute atomic E-state index is 12.9. The van der Waals surface area contributed by atoms with Crippen molar-refractivity contribution in [2.45, 2.75) is 13.3 Å². The Morgan fingerprint density at radius 3 is 2.69 bits per heavy atom. The predicted octanol–water partition coefficient (Wildman–Crippen LogP) is 4.74. The van der Waals surface area contributed by atoms with Crippen LogP contribution in [0, 0.1) is 0 Å². The molecule has 0 saturated carbocycles. The fraction of sp³-hybridized carbons (Fsp3) is 0.136. The zero-order valence-corrected chi connectivity index (χ0v) is 16.6. The summed E-state index contributed by atoms with van der Waals surface area (Å²) in [4.78, 5) is 31.0. The molecule has 4 rings (SSSR count). The summed E-state index contributed by atoms with van der Waals surface area (Å²) in [7, 11) is 0. The number of amides is 2. The SMILES string of the molecule is CCN(C(=O)Cc1csc(NC(=O)c2ccco2)n1)c1ccc2ccccc2c1. The largest absolute Gasteiger partial charge is 0.459 e. The van der Waals surface area contributed by atoms with Crippen LogP contribution < -0.4 is 10.2 Å². The lowest BCUT2D eigenvalue weighted by molar-refractivity contribution is -0.118. The topological polar surface area (TPSA) is 75.4 Å². The van der Waals surface area contributed by atoms with Gasteiger partial charge in [-0.3, -0.25) is 14.9 Å². The third-order valence-corrected chi connectivity index (χ3v) is 5.32. The van der Waals surface area contributed by atoms with Crippen LogP contribution in [0.15, 0.2) is 70.7 Å². The Kier molecular flexibility index (Phi) is 5.39. The number of benzene rings is 2. The second kappa shape index (κ2) is 8.28. The Morgan fingerprint density at radius 1 is 1.10 bits per heavy atom. The van der Waals surface area contributed by atoms with E-state index in [0.29, 0.717) is 17.4 Å². The van der Waals surface area contributed by atoms with Crippen molar-refractivity contribution in [1.29, 1.82) is 0 Å². The van der Waals surface area contributed by atoms with Crippen LogP contribution in [0.3, 0.4) is 0 Å². The third kappa shape index (κ3) is 4.20. The molecule has 1 N–H and O–H groups in total. The Balaban J connectivity index is 1.46. The molecule has 146 valence electrons. The van der Waals surface area contributed by atoms with E-state index in [2.05, 4.69) is 10.3 Å². The maximum atomic E-state index is 12.9. The quantitative estimate of drug-likeness (QED) is 0.503. The van der Waals surface area contributed by atoms with E-state index in [9.17, 15) is 9.59 Å². The Labute approximate surface area is 171 Å². The molecule has 0 aliphatic heterocycles. The standard InChI is InChI=1S/C22H19N3O3S/c1-2-25(18-10-9-15-6-3-4-7-16(15)12-18)20(26)13-17-14-29-22(23-17)24-21(27)19-8-5-11-28-19/h3-12,14H,2,13H2,1H3,(H,23,24,27). The summed E-state index contributed by atoms with van der Waals surface area (Å²) in [5.74, 6) is -0.197. The maximum Gasteiger partial charge on any atom is 0.293 e. The molecular formula is C22H19N3O3S. The Hall–Kier alpha value is -3.45. The molecule has 2 amide bonds. The summed E-state index contributed by atoms with van der Waals surface area (Å²) in [5, 5.41) is 7.12. The molecule has 2 heterocycles. The molecule has 29 heavy (non-hydrogen) atoms. The van der Waals surface area contributed by atoms with Crippen LogP contribution in [0.5, 0.6) is 0 Å². The second-order valence-electron chi connectivity index (χ2n) is 6.42. The van der Waals surface area contributed by atoms with Crippen molar-refractivity contribution in [2.75, 3.05) is 16.8 Å². The molecule has 0 saturated heterocycles. The molecule has 0 radical (unpaired) electrons. The van der Waals surface area contributed by atoms with Crippen LogP contribution in [0.2, 0.25) is 0 Å². The highest BCUT2D eigenvalue weighted by molar-refractivity contribution is 7.14. The molecule has 0 aliphatic rings. The van der Waals surface area contributed by atoms with E-state index in [1.165, 1.54) is 17.6 Å². The van der Waals surface area contributed by atoms with Crippen LogP contribution in [0.1, 0.15) is 23.2 Å². The fourth-order valence-electron chi connectivity index (χ4n) is 3.11. The van der Waals surface area contributed by atoms with Crippen molar-refractivity contribution in [3.8, 4) is 0 Å². The molecule has 0 unspecified atom stereocenters. The number of carbonyl (C=O) groups excluding carboxylic acids is 2. The first kappa shape index (κ1) is 18.9. The molecule has 4 aromatic rings. The number of anilines is 2. The monoisotopic (exact) mass is 405 g/mol. The van der Waals surface area contributed by atoms with E-state index in [1.807, 2.05) is 49.4 Å². The summed E-state index contributed by atoms with van der Waals surface area (Å²) >= 11 is 1.28. The van der Waals surface area contributed by atoms with Gasteiger partial charge in [-0.1, -0.05) is 30.3 Å². The van der Waals surface area contributed by atoms with Gasteiger partial charge in [0.2, 0.25) is 5.91 Å². The van der Waals surface area contributed by atoms with Crippen molar-refractivity contribution >= 4 is 44.7 Å². The zero-order valence-electron chi connectivity index (χ0n) is 15.8. The van der Waals surface area contributed by atoms with E-state index in [0.717, 1.165) is 16.5 Å². The molecule has 0 fully saturated rings. The van der Waals surface area contributed by atoms with Crippen LogP contribution >= 0.6 is 11.3 Å². The molecule has 2 aromatic heterocycles. The van der Waals surface area contributed by atoms with Crippen molar-refractivity contribution in [1.82, 2.24) is 4.98 Å². The van der Waals surface area contributed by atoms with E-state index >= 15 is 0 Å². The van der Waals surface area contributed by atoms with Gasteiger partial charge >= 0.3 is 0 Å². The first-order valence-electron chi connectivity index (χ1n) is 9.22. The number of carbonyl (C=O) groups is 2. The number of nitrogens with zero attached hydrogens (tertiary/aromatic N) is 2. The minimum Gasteiger partial charge on any atom is -0.459 e. The highest BCUT2D eigenvalue weighted by Crippen LogP contribution is 2.23. The molecular weight excluding hydrogens is 386 g/mol. The molecule has 7 heteroatoms. The lowest BCUT2D eigenvalue weighted by atomic mass is 10.1. The first-order chi connectivity index (χ1) is 14.1. The van der Waals surface area contributed by atoms with E-state index in [1.54, 1.807) is 22.4 Å².